The van der Waals surface area contributed by atoms with Crippen molar-refractivity contribution in [3.63, 3.8) is 0 Å². The molecular formula is C15H10Br2F6N2. The first-order valence-corrected chi connectivity index (χ1v) is 8.16. The zero-order chi connectivity index (χ0) is 19.2. The van der Waals surface area contributed by atoms with Gasteiger partial charge in [-0.15, -0.1) is 0 Å². The fourth-order valence-corrected chi connectivity index (χ4v) is 3.72. The second kappa shape index (κ2) is 6.39. The average Bonchev–Trinajstić information content (AvgIpc) is 2.45. The lowest BCUT2D eigenvalue weighted by Crippen LogP contribution is -2.55. The smallest absolute Gasteiger partial charge is 0.398 e. The largest absolute Gasteiger partial charge is 0.411 e. The SMILES string of the molecule is Nc1cccc(C(c2cccc(N)c2Br)(C(F)(F)F)C(F)(F)F)c1Br. The van der Waals surface area contributed by atoms with Crippen molar-refractivity contribution >= 4 is 43.2 Å². The normalized spacial score (nSPS) is 13.1. The summed E-state index contributed by atoms with van der Waals surface area (Å²) < 4.78 is 83.2. The van der Waals surface area contributed by atoms with E-state index in [2.05, 4.69) is 31.9 Å². The van der Waals surface area contributed by atoms with E-state index in [1.54, 1.807) is 0 Å². The molecule has 0 saturated carbocycles. The predicted octanol–water partition coefficient (Wildman–Crippen LogP) is 5.79. The van der Waals surface area contributed by atoms with Crippen molar-refractivity contribution < 1.29 is 26.3 Å². The lowest BCUT2D eigenvalue weighted by Gasteiger charge is -2.39. The third-order valence-electron chi connectivity index (χ3n) is 3.72. The van der Waals surface area contributed by atoms with Crippen LogP contribution in [0.25, 0.3) is 0 Å². The van der Waals surface area contributed by atoms with Gasteiger partial charge in [0.2, 0.25) is 5.41 Å². The molecule has 2 aromatic rings. The van der Waals surface area contributed by atoms with Gasteiger partial charge in [-0.1, -0.05) is 24.3 Å². The van der Waals surface area contributed by atoms with E-state index in [4.69, 9.17) is 11.5 Å². The van der Waals surface area contributed by atoms with Crippen molar-refractivity contribution in [2.45, 2.75) is 17.8 Å². The van der Waals surface area contributed by atoms with Crippen LogP contribution in [0.5, 0.6) is 0 Å². The molecule has 0 heterocycles. The van der Waals surface area contributed by atoms with Gasteiger partial charge in [0.1, 0.15) is 0 Å². The summed E-state index contributed by atoms with van der Waals surface area (Å²) in [6.45, 7) is 0. The maximum absolute atomic E-state index is 14.0. The number of benzene rings is 2. The minimum Gasteiger partial charge on any atom is -0.398 e. The zero-order valence-corrected chi connectivity index (χ0v) is 15.3. The summed E-state index contributed by atoms with van der Waals surface area (Å²) in [4.78, 5) is 0. The summed E-state index contributed by atoms with van der Waals surface area (Å²) in [5.41, 5.74) is 4.08. The van der Waals surface area contributed by atoms with Crippen LogP contribution in [-0.4, -0.2) is 12.4 Å². The molecule has 0 aliphatic rings. The first-order valence-electron chi connectivity index (χ1n) is 6.58. The summed E-state index contributed by atoms with van der Waals surface area (Å²) in [5, 5.41) is 0. The van der Waals surface area contributed by atoms with Gasteiger partial charge in [0.15, 0.2) is 0 Å². The highest BCUT2D eigenvalue weighted by Gasteiger charge is 2.73. The molecule has 2 nitrogen and oxygen atoms in total. The standard InChI is InChI=1S/C15H10Br2F6N2/c16-11-7(3-1-5-9(11)24)13(14(18,19)20,15(21,22)23)8-4-2-6-10(25)12(8)17/h1-6H,24-25H2. The van der Waals surface area contributed by atoms with Crippen LogP contribution < -0.4 is 11.5 Å². The molecule has 4 N–H and O–H groups in total. The van der Waals surface area contributed by atoms with E-state index in [0.29, 0.717) is 0 Å². The molecule has 0 saturated heterocycles. The Kier molecular flexibility index (Phi) is 5.08. The van der Waals surface area contributed by atoms with Crippen molar-refractivity contribution in [3.05, 3.63) is 56.5 Å². The van der Waals surface area contributed by atoms with Gasteiger partial charge in [0.25, 0.3) is 0 Å². The fraction of sp³-hybridized carbons (Fsp3) is 0.200. The van der Waals surface area contributed by atoms with E-state index in [0.717, 1.165) is 24.3 Å². The molecule has 0 aliphatic carbocycles. The van der Waals surface area contributed by atoms with E-state index in [1.165, 1.54) is 12.1 Å². The topological polar surface area (TPSA) is 52.0 Å². The van der Waals surface area contributed by atoms with E-state index in [-0.39, 0.29) is 11.4 Å². The third kappa shape index (κ3) is 2.99. The van der Waals surface area contributed by atoms with Gasteiger partial charge >= 0.3 is 12.4 Å². The van der Waals surface area contributed by atoms with Gasteiger partial charge in [-0.3, -0.25) is 0 Å². The van der Waals surface area contributed by atoms with Crippen LogP contribution in [0.15, 0.2) is 45.3 Å². The van der Waals surface area contributed by atoms with Gasteiger partial charge in [-0.25, -0.2) is 0 Å². The molecule has 0 bridgehead atoms. The Hall–Kier alpha value is -1.42. The predicted molar refractivity (Wildman–Crippen MR) is 90.0 cm³/mol. The molecule has 0 amide bonds. The van der Waals surface area contributed by atoms with Gasteiger partial charge in [-0.05, 0) is 55.1 Å². The Balaban J connectivity index is 3.09. The number of hydrogen-bond acceptors (Lipinski definition) is 2. The zero-order valence-electron chi connectivity index (χ0n) is 12.1. The Morgan fingerprint density at radius 1 is 0.640 bits per heavy atom. The van der Waals surface area contributed by atoms with E-state index < -0.39 is 37.8 Å². The summed E-state index contributed by atoms with van der Waals surface area (Å²) in [6, 6.07) is 5.91. The highest BCUT2D eigenvalue weighted by atomic mass is 79.9. The van der Waals surface area contributed by atoms with Crippen LogP contribution in [0.4, 0.5) is 37.7 Å². The van der Waals surface area contributed by atoms with Crippen molar-refractivity contribution in [3.8, 4) is 0 Å². The van der Waals surface area contributed by atoms with Crippen LogP contribution in [-0.2, 0) is 5.41 Å². The molecule has 0 spiro atoms. The number of alkyl halides is 6. The lowest BCUT2D eigenvalue weighted by atomic mass is 9.72. The van der Waals surface area contributed by atoms with Crippen LogP contribution in [0.2, 0.25) is 0 Å². The molecule has 25 heavy (non-hydrogen) atoms. The average molecular weight is 492 g/mol. The second-order valence-electron chi connectivity index (χ2n) is 5.16. The van der Waals surface area contributed by atoms with Gasteiger partial charge < -0.3 is 11.5 Å². The Morgan fingerprint density at radius 2 is 0.960 bits per heavy atom. The highest BCUT2D eigenvalue weighted by molar-refractivity contribution is 9.11. The number of anilines is 2. The monoisotopic (exact) mass is 490 g/mol. The molecular weight excluding hydrogens is 482 g/mol. The second-order valence-corrected chi connectivity index (χ2v) is 6.75. The molecule has 10 heteroatoms. The first-order chi connectivity index (χ1) is 11.4. The molecule has 0 radical (unpaired) electrons. The minimum atomic E-state index is -5.72. The molecule has 0 unspecified atom stereocenters. The number of halogens is 8. The van der Waals surface area contributed by atoms with E-state index in [9.17, 15) is 26.3 Å². The summed E-state index contributed by atoms with van der Waals surface area (Å²) in [6.07, 6.45) is -11.4. The quantitative estimate of drug-likeness (QED) is 0.413. The molecule has 2 aromatic carbocycles. The highest BCUT2D eigenvalue weighted by Crippen LogP contribution is 2.59. The number of hydrogen-bond donors (Lipinski definition) is 2. The minimum absolute atomic E-state index is 0.254. The number of rotatable bonds is 2. The Labute approximate surface area is 155 Å². The van der Waals surface area contributed by atoms with Gasteiger partial charge in [0, 0.05) is 20.3 Å². The Bertz CT molecular complexity index is 734. The summed E-state index contributed by atoms with van der Waals surface area (Å²) in [5.74, 6) is 0. The molecule has 0 aliphatic heterocycles. The van der Waals surface area contributed by atoms with Crippen LogP contribution in [0.3, 0.4) is 0 Å². The van der Waals surface area contributed by atoms with Crippen molar-refractivity contribution in [1.82, 2.24) is 0 Å². The third-order valence-corrected chi connectivity index (χ3v) is 5.49. The molecule has 136 valence electrons. The van der Waals surface area contributed by atoms with Crippen molar-refractivity contribution in [2.75, 3.05) is 11.5 Å². The van der Waals surface area contributed by atoms with E-state index in [1.807, 2.05) is 0 Å². The maximum Gasteiger partial charge on any atom is 0.411 e. The van der Waals surface area contributed by atoms with Crippen LogP contribution >= 0.6 is 31.9 Å². The molecule has 0 aromatic heterocycles. The summed E-state index contributed by atoms with van der Waals surface area (Å²) >= 11 is 5.54. The van der Waals surface area contributed by atoms with Gasteiger partial charge in [0.05, 0.1) is 0 Å². The molecule has 0 atom stereocenters. The molecule has 2 rings (SSSR count). The Morgan fingerprint density at radius 3 is 1.24 bits per heavy atom. The van der Waals surface area contributed by atoms with Crippen LogP contribution in [0.1, 0.15) is 11.1 Å². The van der Waals surface area contributed by atoms with Crippen molar-refractivity contribution in [1.29, 1.82) is 0 Å². The van der Waals surface area contributed by atoms with Crippen LogP contribution in [0, 0.1) is 0 Å². The lowest BCUT2D eigenvalue weighted by molar-refractivity contribution is -0.289. The summed E-state index contributed by atoms with van der Waals surface area (Å²) in [7, 11) is 0. The number of nitrogen functional groups attached to an aromatic ring is 2. The first kappa shape index (κ1) is 19.9. The fourth-order valence-electron chi connectivity index (χ4n) is 2.60. The number of nitrogens with two attached hydrogens (primary N) is 2. The van der Waals surface area contributed by atoms with E-state index >= 15 is 0 Å². The van der Waals surface area contributed by atoms with Gasteiger partial charge in [-0.2, -0.15) is 26.3 Å². The van der Waals surface area contributed by atoms with Crippen molar-refractivity contribution in [2.24, 2.45) is 0 Å². The maximum atomic E-state index is 14.0. The molecule has 0 fully saturated rings.